The number of carbonyl (C=O) groups excluding carboxylic acids is 2. The molecule has 2 atom stereocenters. The smallest absolute Gasteiger partial charge is 0.307 e. The van der Waals surface area contributed by atoms with Gasteiger partial charge in [0.15, 0.2) is 17.5 Å². The van der Waals surface area contributed by atoms with Crippen molar-refractivity contribution in [3.63, 3.8) is 0 Å². The molecule has 1 fully saturated rings. The number of likely N-dealkylation sites (tertiary alicyclic amines) is 1. The molecule has 1 aromatic carbocycles. The predicted octanol–water partition coefficient (Wildman–Crippen LogP) is 1.34. The number of aliphatic carboxylic acids is 1. The molecule has 0 aromatic heterocycles. The largest absolute Gasteiger partial charge is 0.481 e. The average Bonchev–Trinajstić information content (AvgIpc) is 2.66. The Morgan fingerprint density at radius 3 is 2.63 bits per heavy atom. The minimum atomic E-state index is -1.71. The second kappa shape index (κ2) is 8.85. The summed E-state index contributed by atoms with van der Waals surface area (Å²) in [6.45, 7) is 1.88. The number of piperidine rings is 1. The third kappa shape index (κ3) is 5.19. The van der Waals surface area contributed by atoms with E-state index in [4.69, 9.17) is 5.11 Å². The van der Waals surface area contributed by atoms with E-state index in [9.17, 15) is 27.6 Å². The van der Waals surface area contributed by atoms with Crippen LogP contribution in [0.25, 0.3) is 0 Å². The molecule has 27 heavy (non-hydrogen) atoms. The van der Waals surface area contributed by atoms with Crippen LogP contribution in [-0.4, -0.2) is 53.5 Å². The van der Waals surface area contributed by atoms with E-state index in [-0.39, 0.29) is 6.54 Å². The molecule has 0 bridgehead atoms. The normalized spacial score (nSPS) is 18.6. The highest BCUT2D eigenvalue weighted by Gasteiger charge is 2.30. The summed E-state index contributed by atoms with van der Waals surface area (Å²) in [5.41, 5.74) is -0.540. The van der Waals surface area contributed by atoms with Crippen LogP contribution in [0.15, 0.2) is 12.1 Å². The zero-order valence-electron chi connectivity index (χ0n) is 14.6. The molecule has 0 spiro atoms. The zero-order chi connectivity index (χ0) is 20.1. The van der Waals surface area contributed by atoms with Crippen molar-refractivity contribution >= 4 is 23.5 Å². The van der Waals surface area contributed by atoms with Crippen molar-refractivity contribution in [3.05, 3.63) is 29.6 Å². The number of benzene rings is 1. The first-order chi connectivity index (χ1) is 12.7. The van der Waals surface area contributed by atoms with Crippen molar-refractivity contribution < 1.29 is 32.7 Å². The number of nitrogens with zero attached hydrogens (tertiary/aromatic N) is 1. The number of hydrogen-bond acceptors (Lipinski definition) is 4. The number of carbonyl (C=O) groups is 3. The van der Waals surface area contributed by atoms with E-state index in [0.717, 1.165) is 6.07 Å². The predicted molar refractivity (Wildman–Crippen MR) is 89.4 cm³/mol. The second-order valence-electron chi connectivity index (χ2n) is 6.34. The highest BCUT2D eigenvalue weighted by Crippen LogP contribution is 2.20. The van der Waals surface area contributed by atoms with Gasteiger partial charge >= 0.3 is 5.97 Å². The molecular weight excluding hydrogens is 367 g/mol. The summed E-state index contributed by atoms with van der Waals surface area (Å²) in [6.07, 6.45) is 1.19. The van der Waals surface area contributed by atoms with Crippen LogP contribution < -0.4 is 10.6 Å². The quantitative estimate of drug-likeness (QED) is 0.640. The van der Waals surface area contributed by atoms with Crippen LogP contribution in [0, 0.1) is 23.4 Å². The molecule has 1 aromatic rings. The fraction of sp³-hybridized carbons (Fsp3) is 0.471. The maximum Gasteiger partial charge on any atom is 0.307 e. The van der Waals surface area contributed by atoms with Gasteiger partial charge < -0.3 is 15.7 Å². The third-order valence-electron chi connectivity index (χ3n) is 4.46. The number of carboxylic acids is 1. The highest BCUT2D eigenvalue weighted by atomic mass is 19.2. The molecule has 0 saturated carbocycles. The van der Waals surface area contributed by atoms with Gasteiger partial charge in [0.2, 0.25) is 11.8 Å². The standard InChI is InChI=1S/C17H20F3N3O4/c1-9(23-6-2-3-10(8-23)17(26)27)16(25)21-7-13(24)22-12-5-4-11(18)14(19)15(12)20/h4-5,9-10H,2-3,6-8H2,1H3,(H,21,25)(H,22,24)(H,26,27). The van der Waals surface area contributed by atoms with Crippen molar-refractivity contribution in [3.8, 4) is 0 Å². The van der Waals surface area contributed by atoms with Crippen LogP contribution >= 0.6 is 0 Å². The van der Waals surface area contributed by atoms with Crippen LogP contribution in [0.5, 0.6) is 0 Å². The van der Waals surface area contributed by atoms with Gasteiger partial charge in [-0.1, -0.05) is 0 Å². The first-order valence-electron chi connectivity index (χ1n) is 8.38. The van der Waals surface area contributed by atoms with Crippen LogP contribution in [0.4, 0.5) is 18.9 Å². The molecule has 2 rings (SSSR count). The Kier molecular flexibility index (Phi) is 6.78. The summed E-state index contributed by atoms with van der Waals surface area (Å²) < 4.78 is 39.5. The minimum absolute atomic E-state index is 0.232. The van der Waals surface area contributed by atoms with E-state index >= 15 is 0 Å². The van der Waals surface area contributed by atoms with E-state index < -0.39 is 59.4 Å². The summed E-state index contributed by atoms with van der Waals surface area (Å²) in [5.74, 6) is -7.40. The Hall–Kier alpha value is -2.62. The average molecular weight is 387 g/mol. The van der Waals surface area contributed by atoms with Crippen molar-refractivity contribution in [2.24, 2.45) is 5.92 Å². The molecular formula is C17H20F3N3O4. The summed E-state index contributed by atoms with van der Waals surface area (Å²) >= 11 is 0. The molecule has 1 aliphatic rings. The molecule has 2 unspecified atom stereocenters. The Morgan fingerprint density at radius 1 is 1.26 bits per heavy atom. The van der Waals surface area contributed by atoms with Gasteiger partial charge in [-0.15, -0.1) is 0 Å². The molecule has 148 valence electrons. The van der Waals surface area contributed by atoms with Gasteiger partial charge in [-0.3, -0.25) is 19.3 Å². The second-order valence-corrected chi connectivity index (χ2v) is 6.34. The molecule has 10 heteroatoms. The monoisotopic (exact) mass is 387 g/mol. The molecule has 2 amide bonds. The van der Waals surface area contributed by atoms with E-state index in [2.05, 4.69) is 5.32 Å². The fourth-order valence-corrected chi connectivity index (χ4v) is 2.86. The number of carboxylic acid groups (broad SMARTS) is 1. The van der Waals surface area contributed by atoms with E-state index in [1.165, 1.54) is 0 Å². The zero-order valence-corrected chi connectivity index (χ0v) is 14.6. The van der Waals surface area contributed by atoms with Crippen molar-refractivity contribution in [1.29, 1.82) is 0 Å². The lowest BCUT2D eigenvalue weighted by atomic mass is 9.97. The molecule has 0 radical (unpaired) electrons. The number of anilines is 1. The van der Waals surface area contributed by atoms with Gasteiger partial charge in [0.05, 0.1) is 24.2 Å². The maximum absolute atomic E-state index is 13.5. The summed E-state index contributed by atoms with van der Waals surface area (Å²) in [6, 6.07) is 0.889. The molecule has 1 aliphatic heterocycles. The number of rotatable bonds is 6. The van der Waals surface area contributed by atoms with E-state index in [0.29, 0.717) is 25.5 Å². The first-order valence-corrected chi connectivity index (χ1v) is 8.38. The third-order valence-corrected chi connectivity index (χ3v) is 4.46. The minimum Gasteiger partial charge on any atom is -0.481 e. The number of halogens is 3. The van der Waals surface area contributed by atoms with E-state index in [1.54, 1.807) is 11.8 Å². The van der Waals surface area contributed by atoms with Gasteiger partial charge in [0, 0.05) is 6.54 Å². The molecule has 3 N–H and O–H groups in total. The molecule has 1 heterocycles. The Balaban J connectivity index is 1.86. The van der Waals surface area contributed by atoms with Crippen LogP contribution in [0.1, 0.15) is 19.8 Å². The van der Waals surface area contributed by atoms with Crippen molar-refractivity contribution in [2.45, 2.75) is 25.8 Å². The summed E-state index contributed by atoms with van der Waals surface area (Å²) in [7, 11) is 0. The van der Waals surface area contributed by atoms with Crippen LogP contribution in [-0.2, 0) is 14.4 Å². The van der Waals surface area contributed by atoms with Gasteiger partial charge in [0.25, 0.3) is 0 Å². The molecule has 7 nitrogen and oxygen atoms in total. The number of hydrogen-bond donors (Lipinski definition) is 3. The maximum atomic E-state index is 13.5. The van der Waals surface area contributed by atoms with Crippen LogP contribution in [0.2, 0.25) is 0 Å². The summed E-state index contributed by atoms with van der Waals surface area (Å²) in [5, 5.41) is 13.5. The number of amides is 2. The number of nitrogens with one attached hydrogen (secondary N) is 2. The van der Waals surface area contributed by atoms with Crippen molar-refractivity contribution in [2.75, 3.05) is 25.0 Å². The Labute approximate surface area is 153 Å². The van der Waals surface area contributed by atoms with E-state index in [1.807, 2.05) is 5.32 Å². The Morgan fingerprint density at radius 2 is 1.96 bits per heavy atom. The highest BCUT2D eigenvalue weighted by molar-refractivity contribution is 5.95. The topological polar surface area (TPSA) is 98.7 Å². The lowest BCUT2D eigenvalue weighted by Crippen LogP contribution is -2.51. The lowest BCUT2D eigenvalue weighted by Gasteiger charge is -2.34. The van der Waals surface area contributed by atoms with Gasteiger partial charge in [-0.05, 0) is 38.4 Å². The fourth-order valence-electron chi connectivity index (χ4n) is 2.86. The van der Waals surface area contributed by atoms with Crippen molar-refractivity contribution in [1.82, 2.24) is 10.2 Å². The SMILES string of the molecule is CC(C(=O)NCC(=O)Nc1ccc(F)c(F)c1F)N1CCCC(C(=O)O)C1. The Bertz CT molecular complexity index is 744. The first kappa shape index (κ1) is 20.7. The van der Waals surface area contributed by atoms with Crippen LogP contribution in [0.3, 0.4) is 0 Å². The lowest BCUT2D eigenvalue weighted by molar-refractivity contribution is -0.145. The van der Waals surface area contributed by atoms with Gasteiger partial charge in [0.1, 0.15) is 0 Å². The van der Waals surface area contributed by atoms with Gasteiger partial charge in [-0.25, -0.2) is 13.2 Å². The molecule has 0 aliphatic carbocycles. The molecule has 1 saturated heterocycles. The van der Waals surface area contributed by atoms with Gasteiger partial charge in [-0.2, -0.15) is 0 Å². The summed E-state index contributed by atoms with van der Waals surface area (Å²) in [4.78, 5) is 36.8.